The third kappa shape index (κ3) is 1.66. The Morgan fingerprint density at radius 2 is 2.10 bits per heavy atom. The van der Waals surface area contributed by atoms with Crippen LogP contribution in [0.3, 0.4) is 0 Å². The molecule has 0 saturated carbocycles. The molecule has 106 valence electrons. The number of piperidine rings is 1. The van der Waals surface area contributed by atoms with Crippen LogP contribution < -0.4 is 0 Å². The predicted octanol–water partition coefficient (Wildman–Crippen LogP) is 3.22. The number of ether oxygens (including phenoxy) is 1. The Morgan fingerprint density at radius 3 is 2.95 bits per heavy atom. The highest BCUT2D eigenvalue weighted by Gasteiger charge is 2.44. The monoisotopic (exact) mass is 270 g/mol. The number of aromatic nitrogens is 1. The average molecular weight is 270 g/mol. The van der Waals surface area contributed by atoms with E-state index >= 15 is 0 Å². The molecule has 2 aromatic rings. The molecule has 3 heterocycles. The van der Waals surface area contributed by atoms with E-state index in [1.807, 2.05) is 0 Å². The molecule has 3 heteroatoms. The lowest BCUT2D eigenvalue weighted by Crippen LogP contribution is -2.48. The minimum Gasteiger partial charge on any atom is -0.364 e. The van der Waals surface area contributed by atoms with Crippen LogP contribution in [-0.4, -0.2) is 36.1 Å². The van der Waals surface area contributed by atoms with E-state index in [2.05, 4.69) is 55.0 Å². The summed E-state index contributed by atoms with van der Waals surface area (Å²) in [6.45, 7) is 6.56. The number of nitrogens with one attached hydrogen (secondary N) is 1. The van der Waals surface area contributed by atoms with E-state index in [9.17, 15) is 0 Å². The topological polar surface area (TPSA) is 28.3 Å². The number of para-hydroxylation sites is 1. The molecule has 1 N–H and O–H groups in total. The molecular weight excluding hydrogens is 248 g/mol. The summed E-state index contributed by atoms with van der Waals surface area (Å²) < 4.78 is 6.43. The maximum absolute atomic E-state index is 6.43. The van der Waals surface area contributed by atoms with Gasteiger partial charge in [-0.15, -0.1) is 0 Å². The van der Waals surface area contributed by atoms with Gasteiger partial charge >= 0.3 is 0 Å². The fraction of sp³-hybridized carbons (Fsp3) is 0.529. The highest BCUT2D eigenvalue weighted by Crippen LogP contribution is 2.47. The van der Waals surface area contributed by atoms with E-state index < -0.39 is 0 Å². The van der Waals surface area contributed by atoms with Crippen molar-refractivity contribution < 1.29 is 4.74 Å². The zero-order valence-electron chi connectivity index (χ0n) is 12.4. The van der Waals surface area contributed by atoms with Crippen LogP contribution in [-0.2, 0) is 10.3 Å². The normalized spacial score (nSPS) is 29.1. The standard InChI is InChI=1S/C17H22N2O/c1-17(2)16-15(11-6-4-5-7-13(11)18-16)12-8-9-19(3)10-14(12)20-17/h4-7,12,14,18H,8-10H2,1-3H3/t12-,14+/m1/s1. The molecule has 0 aliphatic carbocycles. The number of hydrogen-bond acceptors (Lipinski definition) is 2. The smallest absolute Gasteiger partial charge is 0.103 e. The van der Waals surface area contributed by atoms with Crippen LogP contribution in [0.25, 0.3) is 10.9 Å². The largest absolute Gasteiger partial charge is 0.364 e. The van der Waals surface area contributed by atoms with Crippen LogP contribution in [0.15, 0.2) is 24.3 Å². The lowest BCUT2D eigenvalue weighted by molar-refractivity contribution is -0.122. The van der Waals surface area contributed by atoms with Crippen LogP contribution in [0.5, 0.6) is 0 Å². The van der Waals surface area contributed by atoms with Crippen molar-refractivity contribution in [3.63, 3.8) is 0 Å². The van der Waals surface area contributed by atoms with Crippen LogP contribution in [0.4, 0.5) is 0 Å². The summed E-state index contributed by atoms with van der Waals surface area (Å²) in [7, 11) is 2.19. The van der Waals surface area contributed by atoms with E-state index in [0.29, 0.717) is 12.0 Å². The summed E-state index contributed by atoms with van der Waals surface area (Å²) >= 11 is 0. The lowest BCUT2D eigenvalue weighted by atomic mass is 9.79. The lowest BCUT2D eigenvalue weighted by Gasteiger charge is -2.45. The number of nitrogens with zero attached hydrogens (tertiary/aromatic N) is 1. The number of aromatic amines is 1. The van der Waals surface area contributed by atoms with Crippen molar-refractivity contribution >= 4 is 10.9 Å². The zero-order valence-corrected chi connectivity index (χ0v) is 12.4. The Hall–Kier alpha value is -1.32. The molecule has 1 fully saturated rings. The molecule has 0 radical (unpaired) electrons. The van der Waals surface area contributed by atoms with E-state index in [1.165, 1.54) is 28.6 Å². The number of likely N-dealkylation sites (tertiary alicyclic amines) is 1. The molecule has 0 bridgehead atoms. The summed E-state index contributed by atoms with van der Waals surface area (Å²) in [5.41, 5.74) is 3.81. The number of rotatable bonds is 0. The van der Waals surface area contributed by atoms with E-state index in [4.69, 9.17) is 4.74 Å². The fourth-order valence-electron chi connectivity index (χ4n) is 3.98. The Balaban J connectivity index is 1.94. The van der Waals surface area contributed by atoms with Gasteiger partial charge in [0.05, 0.1) is 11.8 Å². The van der Waals surface area contributed by atoms with Gasteiger partial charge in [-0.25, -0.2) is 0 Å². The Morgan fingerprint density at radius 1 is 1.30 bits per heavy atom. The molecule has 20 heavy (non-hydrogen) atoms. The highest BCUT2D eigenvalue weighted by molar-refractivity contribution is 5.86. The summed E-state index contributed by atoms with van der Waals surface area (Å²) in [5.74, 6) is 0.533. The maximum atomic E-state index is 6.43. The molecule has 0 spiro atoms. The van der Waals surface area contributed by atoms with Crippen molar-refractivity contribution in [2.24, 2.45) is 0 Å². The van der Waals surface area contributed by atoms with Gasteiger partial charge in [-0.1, -0.05) is 18.2 Å². The van der Waals surface area contributed by atoms with E-state index in [1.54, 1.807) is 0 Å². The second-order valence-corrected chi connectivity index (χ2v) is 6.78. The molecule has 2 aliphatic heterocycles. The molecule has 4 rings (SSSR count). The third-order valence-corrected chi connectivity index (χ3v) is 4.93. The van der Waals surface area contributed by atoms with Gasteiger partial charge in [-0.3, -0.25) is 0 Å². The fourth-order valence-corrected chi connectivity index (χ4v) is 3.98. The van der Waals surface area contributed by atoms with E-state index in [0.717, 1.165) is 13.1 Å². The molecule has 1 saturated heterocycles. The van der Waals surface area contributed by atoms with Crippen LogP contribution in [0.2, 0.25) is 0 Å². The minimum absolute atomic E-state index is 0.228. The first-order chi connectivity index (χ1) is 9.56. The van der Waals surface area contributed by atoms with Gasteiger partial charge in [0.15, 0.2) is 0 Å². The maximum Gasteiger partial charge on any atom is 0.103 e. The van der Waals surface area contributed by atoms with Crippen molar-refractivity contribution in [3.05, 3.63) is 35.5 Å². The van der Waals surface area contributed by atoms with Crippen molar-refractivity contribution in [2.75, 3.05) is 20.1 Å². The summed E-state index contributed by atoms with van der Waals surface area (Å²) in [6.07, 6.45) is 1.50. The van der Waals surface area contributed by atoms with Crippen molar-refractivity contribution in [3.8, 4) is 0 Å². The second kappa shape index (κ2) is 4.09. The van der Waals surface area contributed by atoms with Crippen LogP contribution in [0.1, 0.15) is 37.4 Å². The average Bonchev–Trinajstić information content (AvgIpc) is 2.79. The van der Waals surface area contributed by atoms with Gasteiger partial charge in [0.2, 0.25) is 0 Å². The predicted molar refractivity (Wildman–Crippen MR) is 81.1 cm³/mol. The van der Waals surface area contributed by atoms with Gasteiger partial charge in [0.1, 0.15) is 5.60 Å². The summed E-state index contributed by atoms with van der Waals surface area (Å²) in [5, 5.41) is 1.39. The van der Waals surface area contributed by atoms with Gasteiger partial charge in [-0.2, -0.15) is 0 Å². The Bertz CT molecular complexity index is 658. The molecule has 3 nitrogen and oxygen atoms in total. The van der Waals surface area contributed by atoms with Gasteiger partial charge in [0, 0.05) is 23.4 Å². The highest BCUT2D eigenvalue weighted by atomic mass is 16.5. The first-order valence-corrected chi connectivity index (χ1v) is 7.54. The number of likely N-dealkylation sites (N-methyl/N-ethyl adjacent to an activating group) is 1. The van der Waals surface area contributed by atoms with Crippen LogP contribution in [0, 0.1) is 0 Å². The van der Waals surface area contributed by atoms with Crippen LogP contribution >= 0.6 is 0 Å². The minimum atomic E-state index is -0.228. The van der Waals surface area contributed by atoms with Crippen molar-refractivity contribution in [1.82, 2.24) is 9.88 Å². The molecule has 1 aromatic heterocycles. The van der Waals surface area contributed by atoms with E-state index in [-0.39, 0.29) is 5.60 Å². The van der Waals surface area contributed by atoms with Crippen molar-refractivity contribution in [2.45, 2.75) is 37.9 Å². The Labute approximate surface area is 119 Å². The molecule has 2 aliphatic rings. The summed E-state index contributed by atoms with van der Waals surface area (Å²) in [6, 6.07) is 8.67. The first-order valence-electron chi connectivity index (χ1n) is 7.54. The molecule has 2 atom stereocenters. The quantitative estimate of drug-likeness (QED) is 0.796. The summed E-state index contributed by atoms with van der Waals surface area (Å²) in [4.78, 5) is 6.00. The second-order valence-electron chi connectivity index (χ2n) is 6.78. The van der Waals surface area contributed by atoms with Gasteiger partial charge in [0.25, 0.3) is 0 Å². The zero-order chi connectivity index (χ0) is 13.9. The first kappa shape index (κ1) is 12.4. The molecule has 0 amide bonds. The third-order valence-electron chi connectivity index (χ3n) is 4.93. The molecule has 1 aromatic carbocycles. The molecular formula is C17H22N2O. The number of fused-ring (bicyclic) bond motifs is 5. The van der Waals surface area contributed by atoms with Gasteiger partial charge < -0.3 is 14.6 Å². The number of benzene rings is 1. The SMILES string of the molecule is CN1CC[C@H]2c3c([nH]c4ccccc34)C(C)(C)O[C@H]2C1. The van der Waals surface area contributed by atoms with Crippen molar-refractivity contribution in [1.29, 1.82) is 0 Å². The number of H-pyrrole nitrogens is 1. The molecule has 0 unspecified atom stereocenters. The number of hydrogen-bond donors (Lipinski definition) is 1. The van der Waals surface area contributed by atoms with Gasteiger partial charge in [-0.05, 0) is 45.5 Å². The Kier molecular flexibility index (Phi) is 2.54.